The molecule has 112 valence electrons. The second-order valence-electron chi connectivity index (χ2n) is 4.29. The minimum atomic E-state index is -1.52. The molecule has 0 radical (unpaired) electrons. The van der Waals surface area contributed by atoms with Crippen LogP contribution >= 0.6 is 11.6 Å². The predicted molar refractivity (Wildman–Crippen MR) is 75.0 cm³/mol. The highest BCUT2D eigenvalue weighted by Crippen LogP contribution is 2.35. The molecule has 0 amide bonds. The third kappa shape index (κ3) is 3.09. The van der Waals surface area contributed by atoms with E-state index < -0.39 is 23.3 Å². The molecule has 6 heteroatoms. The molecule has 0 aromatic heterocycles. The molecule has 0 spiro atoms. The second kappa shape index (κ2) is 6.28. The number of aliphatic hydroxyl groups excluding tert-OH is 1. The molecule has 2 rings (SSSR count). The first-order chi connectivity index (χ1) is 9.97. The Hall–Kier alpha value is -1.85. The highest BCUT2D eigenvalue weighted by atomic mass is 35.5. The zero-order chi connectivity index (χ0) is 15.6. The van der Waals surface area contributed by atoms with Crippen molar-refractivity contribution in [3.63, 3.8) is 0 Å². The number of rotatable bonds is 4. The molecule has 0 heterocycles. The average molecular weight is 315 g/mol. The van der Waals surface area contributed by atoms with Crippen LogP contribution in [-0.4, -0.2) is 19.3 Å². The Morgan fingerprint density at radius 2 is 1.67 bits per heavy atom. The van der Waals surface area contributed by atoms with Crippen molar-refractivity contribution in [3.8, 4) is 11.5 Å². The molecule has 0 aliphatic heterocycles. The van der Waals surface area contributed by atoms with Crippen LogP contribution in [0, 0.1) is 11.6 Å². The van der Waals surface area contributed by atoms with Crippen LogP contribution in [0.4, 0.5) is 8.78 Å². The number of aliphatic hydroxyl groups is 1. The van der Waals surface area contributed by atoms with E-state index in [1.807, 2.05) is 0 Å². The summed E-state index contributed by atoms with van der Waals surface area (Å²) in [4.78, 5) is 0. The fourth-order valence-electron chi connectivity index (χ4n) is 2.01. The highest BCUT2D eigenvalue weighted by Gasteiger charge is 2.24. The normalized spacial score (nSPS) is 12.1. The lowest BCUT2D eigenvalue weighted by atomic mass is 9.99. The van der Waals surface area contributed by atoms with Gasteiger partial charge in [0.1, 0.15) is 29.2 Å². The summed E-state index contributed by atoms with van der Waals surface area (Å²) in [6.45, 7) is 0. The fourth-order valence-corrected chi connectivity index (χ4v) is 2.17. The zero-order valence-corrected chi connectivity index (χ0v) is 12.1. The summed E-state index contributed by atoms with van der Waals surface area (Å²) in [5.41, 5.74) is -0.263. The largest absolute Gasteiger partial charge is 0.497 e. The molecular weight excluding hydrogens is 302 g/mol. The quantitative estimate of drug-likeness (QED) is 0.935. The van der Waals surface area contributed by atoms with Crippen LogP contribution in [0.15, 0.2) is 30.3 Å². The molecule has 0 saturated carbocycles. The Morgan fingerprint density at radius 1 is 1.05 bits per heavy atom. The second-order valence-corrected chi connectivity index (χ2v) is 4.73. The van der Waals surface area contributed by atoms with Crippen LogP contribution in [-0.2, 0) is 0 Å². The Bertz CT molecular complexity index is 638. The van der Waals surface area contributed by atoms with Gasteiger partial charge in [0.15, 0.2) is 0 Å². The minimum Gasteiger partial charge on any atom is -0.497 e. The fraction of sp³-hybridized carbons (Fsp3) is 0.200. The van der Waals surface area contributed by atoms with E-state index in [0.717, 1.165) is 12.1 Å². The van der Waals surface area contributed by atoms with Gasteiger partial charge >= 0.3 is 0 Å². The summed E-state index contributed by atoms with van der Waals surface area (Å²) >= 11 is 5.82. The zero-order valence-electron chi connectivity index (χ0n) is 11.4. The number of hydrogen-bond donors (Lipinski definition) is 1. The Morgan fingerprint density at radius 3 is 2.19 bits per heavy atom. The number of methoxy groups -OCH3 is 2. The van der Waals surface area contributed by atoms with E-state index in [2.05, 4.69) is 0 Å². The third-order valence-corrected chi connectivity index (χ3v) is 3.29. The van der Waals surface area contributed by atoms with E-state index in [-0.39, 0.29) is 17.1 Å². The number of benzene rings is 2. The first-order valence-corrected chi connectivity index (χ1v) is 6.40. The molecule has 1 N–H and O–H groups in total. The Kier molecular flexibility index (Phi) is 4.65. The maximum Gasteiger partial charge on any atom is 0.135 e. The lowest BCUT2D eigenvalue weighted by Crippen LogP contribution is -2.08. The topological polar surface area (TPSA) is 38.7 Å². The number of halogens is 3. The summed E-state index contributed by atoms with van der Waals surface area (Å²) < 4.78 is 37.9. The van der Waals surface area contributed by atoms with E-state index >= 15 is 0 Å². The van der Waals surface area contributed by atoms with E-state index in [4.69, 9.17) is 21.1 Å². The standard InChI is InChI=1S/C15H13ClF2O3/c1-20-9-6-11(17)14(12(18)7-9)15(19)10-4-3-8(16)5-13(10)21-2/h3-7,15,19H,1-2H3. The van der Waals surface area contributed by atoms with Crippen LogP contribution in [0.3, 0.4) is 0 Å². The summed E-state index contributed by atoms with van der Waals surface area (Å²) in [6, 6.07) is 6.42. The number of hydrogen-bond acceptors (Lipinski definition) is 3. The average Bonchev–Trinajstić information content (AvgIpc) is 2.45. The van der Waals surface area contributed by atoms with Crippen molar-refractivity contribution >= 4 is 11.6 Å². The minimum absolute atomic E-state index is 0.0315. The van der Waals surface area contributed by atoms with Crippen molar-refractivity contribution < 1.29 is 23.4 Å². The van der Waals surface area contributed by atoms with Gasteiger partial charge in [0.25, 0.3) is 0 Å². The van der Waals surface area contributed by atoms with E-state index in [0.29, 0.717) is 5.02 Å². The molecule has 3 nitrogen and oxygen atoms in total. The van der Waals surface area contributed by atoms with E-state index in [9.17, 15) is 13.9 Å². The molecule has 21 heavy (non-hydrogen) atoms. The molecule has 0 saturated heterocycles. The van der Waals surface area contributed by atoms with Crippen LogP contribution in [0.25, 0.3) is 0 Å². The summed E-state index contributed by atoms with van der Waals surface area (Å²) in [5.74, 6) is -1.54. The van der Waals surface area contributed by atoms with Crippen molar-refractivity contribution in [1.29, 1.82) is 0 Å². The monoisotopic (exact) mass is 314 g/mol. The third-order valence-electron chi connectivity index (χ3n) is 3.05. The molecule has 0 bridgehead atoms. The first-order valence-electron chi connectivity index (χ1n) is 6.02. The summed E-state index contributed by atoms with van der Waals surface area (Å²) in [6.07, 6.45) is -1.52. The van der Waals surface area contributed by atoms with Gasteiger partial charge in [-0.25, -0.2) is 8.78 Å². The molecule has 0 aliphatic rings. The van der Waals surface area contributed by atoms with E-state index in [1.165, 1.54) is 32.4 Å². The summed E-state index contributed by atoms with van der Waals surface area (Å²) in [7, 11) is 2.68. The summed E-state index contributed by atoms with van der Waals surface area (Å²) in [5, 5.41) is 10.7. The Balaban J connectivity index is 2.52. The van der Waals surface area contributed by atoms with Crippen molar-refractivity contribution in [2.24, 2.45) is 0 Å². The molecular formula is C15H13ClF2O3. The van der Waals surface area contributed by atoms with Gasteiger partial charge in [-0.3, -0.25) is 0 Å². The van der Waals surface area contributed by atoms with Crippen LogP contribution in [0.5, 0.6) is 11.5 Å². The van der Waals surface area contributed by atoms with E-state index in [1.54, 1.807) is 0 Å². The SMILES string of the molecule is COc1cc(F)c(C(O)c2ccc(Cl)cc2OC)c(F)c1. The van der Waals surface area contributed by atoms with Crippen molar-refractivity contribution in [3.05, 3.63) is 58.1 Å². The predicted octanol–water partition coefficient (Wildman–Crippen LogP) is 3.72. The molecule has 2 aromatic rings. The van der Waals surface area contributed by atoms with Gasteiger partial charge in [-0.05, 0) is 12.1 Å². The van der Waals surface area contributed by atoms with Gasteiger partial charge < -0.3 is 14.6 Å². The first kappa shape index (κ1) is 15.5. The number of ether oxygens (including phenoxy) is 2. The molecule has 0 aliphatic carbocycles. The van der Waals surface area contributed by atoms with Crippen molar-refractivity contribution in [1.82, 2.24) is 0 Å². The molecule has 1 atom stereocenters. The molecule has 2 aromatic carbocycles. The highest BCUT2D eigenvalue weighted by molar-refractivity contribution is 6.30. The van der Waals surface area contributed by atoms with Crippen molar-refractivity contribution in [2.45, 2.75) is 6.10 Å². The molecule has 0 fully saturated rings. The van der Waals surface area contributed by atoms with Gasteiger partial charge in [0, 0.05) is 22.7 Å². The van der Waals surface area contributed by atoms with Gasteiger partial charge in [-0.15, -0.1) is 0 Å². The van der Waals surface area contributed by atoms with Crippen LogP contribution < -0.4 is 9.47 Å². The van der Waals surface area contributed by atoms with Crippen molar-refractivity contribution in [2.75, 3.05) is 14.2 Å². The van der Waals surface area contributed by atoms with Gasteiger partial charge in [-0.1, -0.05) is 17.7 Å². The lowest BCUT2D eigenvalue weighted by Gasteiger charge is -2.17. The van der Waals surface area contributed by atoms with Crippen LogP contribution in [0.2, 0.25) is 5.02 Å². The van der Waals surface area contributed by atoms with Gasteiger partial charge in [0.05, 0.1) is 19.8 Å². The maximum absolute atomic E-state index is 14.0. The lowest BCUT2D eigenvalue weighted by molar-refractivity contribution is 0.203. The van der Waals surface area contributed by atoms with Gasteiger partial charge in [0.2, 0.25) is 0 Å². The van der Waals surface area contributed by atoms with Gasteiger partial charge in [-0.2, -0.15) is 0 Å². The maximum atomic E-state index is 14.0. The molecule has 1 unspecified atom stereocenters. The Labute approximate surface area is 125 Å². The van der Waals surface area contributed by atoms with Crippen LogP contribution in [0.1, 0.15) is 17.2 Å². The smallest absolute Gasteiger partial charge is 0.135 e.